The fraction of sp³-hybridized carbons (Fsp3) is 0.400. The summed E-state index contributed by atoms with van der Waals surface area (Å²) in [5.74, 6) is 2.16. The van der Waals surface area contributed by atoms with E-state index in [-0.39, 0.29) is 0 Å². The van der Waals surface area contributed by atoms with E-state index >= 15 is 0 Å². The van der Waals surface area contributed by atoms with Gasteiger partial charge in [-0.3, -0.25) is 0 Å². The lowest BCUT2D eigenvalue weighted by Crippen LogP contribution is -2.11. The van der Waals surface area contributed by atoms with Crippen molar-refractivity contribution in [3.05, 3.63) is 64.8 Å². The molecule has 0 fully saturated rings. The van der Waals surface area contributed by atoms with Crippen LogP contribution in [0.1, 0.15) is 44.7 Å². The van der Waals surface area contributed by atoms with E-state index in [0.717, 1.165) is 0 Å². The number of hydrogen-bond donors (Lipinski definition) is 0. The van der Waals surface area contributed by atoms with Crippen molar-refractivity contribution in [2.24, 2.45) is 17.8 Å². The maximum absolute atomic E-state index is 3.58. The van der Waals surface area contributed by atoms with Crippen molar-refractivity contribution in [1.29, 1.82) is 0 Å². The van der Waals surface area contributed by atoms with Crippen molar-refractivity contribution >= 4 is 6.08 Å². The van der Waals surface area contributed by atoms with E-state index in [1.54, 1.807) is 0 Å². The average Bonchev–Trinajstić information content (AvgIpc) is 3.02. The van der Waals surface area contributed by atoms with Gasteiger partial charge < -0.3 is 0 Å². The minimum absolute atomic E-state index is 0.353. The topological polar surface area (TPSA) is 0 Å². The van der Waals surface area contributed by atoms with E-state index < -0.39 is 0 Å². The van der Waals surface area contributed by atoms with Crippen LogP contribution in [0.4, 0.5) is 0 Å². The smallest absolute Gasteiger partial charge is 0.0317 e. The first-order valence-electron chi connectivity index (χ1n) is 7.69. The molecule has 3 rings (SSSR count). The molecule has 2 atom stereocenters. The molecule has 0 amide bonds. The van der Waals surface area contributed by atoms with Crippen LogP contribution in [0.2, 0.25) is 0 Å². The first kappa shape index (κ1) is 13.4. The predicted molar refractivity (Wildman–Crippen MR) is 86.2 cm³/mol. The van der Waals surface area contributed by atoms with Crippen LogP contribution in [-0.2, 0) is 0 Å². The molecule has 0 saturated carbocycles. The summed E-state index contributed by atoms with van der Waals surface area (Å²) >= 11 is 0. The molecule has 0 saturated heterocycles. The number of fused-ring (bicyclic) bond motifs is 1. The van der Waals surface area contributed by atoms with Crippen molar-refractivity contribution in [3.8, 4) is 0 Å². The molecule has 0 heterocycles. The third kappa shape index (κ3) is 2.18. The lowest BCUT2D eigenvalue weighted by Gasteiger charge is -2.22. The molecule has 2 aliphatic carbocycles. The molecule has 20 heavy (non-hydrogen) atoms. The molecule has 0 bridgehead atoms. The largest absolute Gasteiger partial charge is 0.0736 e. The molecule has 103 valence electrons. The Hall–Kier alpha value is -1.56. The maximum atomic E-state index is 3.58. The molecule has 0 aromatic heterocycles. The van der Waals surface area contributed by atoms with Gasteiger partial charge in [0.1, 0.15) is 0 Å². The molecule has 0 spiro atoms. The summed E-state index contributed by atoms with van der Waals surface area (Å²) in [4.78, 5) is 0. The van der Waals surface area contributed by atoms with E-state index in [9.17, 15) is 0 Å². The first-order chi connectivity index (χ1) is 9.58. The fourth-order valence-electron chi connectivity index (χ4n) is 3.30. The molecule has 1 aromatic rings. The molecule has 0 N–H and O–H groups in total. The Balaban J connectivity index is 1.99. The Bertz CT molecular complexity index is 596. The van der Waals surface area contributed by atoms with Crippen LogP contribution >= 0.6 is 0 Å². The zero-order valence-electron chi connectivity index (χ0n) is 12.9. The fourth-order valence-corrected chi connectivity index (χ4v) is 3.30. The Morgan fingerprint density at radius 2 is 1.80 bits per heavy atom. The van der Waals surface area contributed by atoms with Gasteiger partial charge >= 0.3 is 0 Å². The van der Waals surface area contributed by atoms with Gasteiger partial charge in [0.05, 0.1) is 0 Å². The van der Waals surface area contributed by atoms with E-state index in [4.69, 9.17) is 0 Å². The van der Waals surface area contributed by atoms with Gasteiger partial charge in [-0.05, 0) is 34.6 Å². The summed E-state index contributed by atoms with van der Waals surface area (Å²) in [6, 6.07) is 8.70. The summed E-state index contributed by atoms with van der Waals surface area (Å²) in [5, 5.41) is 0. The summed E-state index contributed by atoms with van der Waals surface area (Å²) in [6.45, 7) is 9.21. The molecule has 1 radical (unpaired) electrons. The Morgan fingerprint density at radius 3 is 2.50 bits per heavy atom. The van der Waals surface area contributed by atoms with Crippen molar-refractivity contribution in [3.63, 3.8) is 0 Å². The number of hydrogen-bond acceptors (Lipinski definition) is 0. The molecule has 0 heteroatoms. The van der Waals surface area contributed by atoms with Crippen LogP contribution in [0.3, 0.4) is 0 Å². The lowest BCUT2D eigenvalue weighted by molar-refractivity contribution is 0.514. The minimum Gasteiger partial charge on any atom is -0.0736 e. The Labute approximate surface area is 122 Å². The van der Waals surface area contributed by atoms with E-state index in [1.807, 2.05) is 0 Å². The van der Waals surface area contributed by atoms with Crippen molar-refractivity contribution in [2.45, 2.75) is 33.6 Å². The van der Waals surface area contributed by atoms with Gasteiger partial charge in [0.25, 0.3) is 0 Å². The molecule has 2 aliphatic rings. The van der Waals surface area contributed by atoms with Gasteiger partial charge in [-0.1, -0.05) is 75.8 Å². The zero-order chi connectivity index (χ0) is 14.3. The summed E-state index contributed by atoms with van der Waals surface area (Å²) in [6.07, 6.45) is 10.7. The van der Waals surface area contributed by atoms with Crippen LogP contribution in [-0.4, -0.2) is 0 Å². The van der Waals surface area contributed by atoms with Gasteiger partial charge in [0.2, 0.25) is 0 Å². The quantitative estimate of drug-likeness (QED) is 0.685. The van der Waals surface area contributed by atoms with E-state index in [1.165, 1.54) is 22.3 Å². The van der Waals surface area contributed by atoms with Crippen LogP contribution in [0, 0.1) is 23.8 Å². The molecular weight excluding hydrogens is 240 g/mol. The van der Waals surface area contributed by atoms with Gasteiger partial charge in [-0.15, -0.1) is 0 Å². The third-order valence-electron chi connectivity index (χ3n) is 4.52. The highest BCUT2D eigenvalue weighted by atomic mass is 14.3. The van der Waals surface area contributed by atoms with Crippen molar-refractivity contribution < 1.29 is 0 Å². The first-order valence-corrected chi connectivity index (χ1v) is 7.69. The molecule has 0 aliphatic heterocycles. The molecular formula is C20H23. The monoisotopic (exact) mass is 263 g/mol. The van der Waals surface area contributed by atoms with Gasteiger partial charge in [0.15, 0.2) is 0 Å². The van der Waals surface area contributed by atoms with Gasteiger partial charge in [-0.2, -0.15) is 0 Å². The Morgan fingerprint density at radius 1 is 1.05 bits per heavy atom. The lowest BCUT2D eigenvalue weighted by atomic mass is 9.81. The SMILES string of the molecule is CC(C)C1=CC(C(C)C)C(C2[C]=Cc3ccccc32)=C1. The van der Waals surface area contributed by atoms with Crippen LogP contribution in [0.15, 0.2) is 47.6 Å². The normalized spacial score (nSPS) is 24.3. The third-order valence-corrected chi connectivity index (χ3v) is 4.52. The summed E-state index contributed by atoms with van der Waals surface area (Å²) in [5.41, 5.74) is 5.77. The number of rotatable bonds is 3. The standard InChI is InChI=1S/C20H23/c1-13(2)16-11-19(14(3)4)20(12-16)18-10-9-15-7-5-6-8-17(15)18/h5-9,11-14,18-19H,1-4H3. The molecule has 1 aromatic carbocycles. The number of benzene rings is 1. The zero-order valence-corrected chi connectivity index (χ0v) is 12.9. The summed E-state index contributed by atoms with van der Waals surface area (Å²) < 4.78 is 0. The highest BCUT2D eigenvalue weighted by Crippen LogP contribution is 2.44. The minimum atomic E-state index is 0.353. The van der Waals surface area contributed by atoms with Gasteiger partial charge in [-0.25, -0.2) is 0 Å². The molecule has 0 nitrogen and oxygen atoms in total. The molecule has 2 unspecified atom stereocenters. The Kier molecular flexibility index (Phi) is 3.41. The predicted octanol–water partition coefficient (Wildman–Crippen LogP) is 5.39. The van der Waals surface area contributed by atoms with E-state index in [0.29, 0.717) is 23.7 Å². The van der Waals surface area contributed by atoms with Crippen molar-refractivity contribution in [1.82, 2.24) is 0 Å². The van der Waals surface area contributed by atoms with Crippen LogP contribution < -0.4 is 0 Å². The van der Waals surface area contributed by atoms with Crippen LogP contribution in [0.25, 0.3) is 6.08 Å². The number of allylic oxidation sites excluding steroid dienone is 5. The second-order valence-electron chi connectivity index (χ2n) is 6.61. The highest BCUT2D eigenvalue weighted by molar-refractivity contribution is 5.63. The summed E-state index contributed by atoms with van der Waals surface area (Å²) in [7, 11) is 0. The van der Waals surface area contributed by atoms with Crippen LogP contribution in [0.5, 0.6) is 0 Å². The van der Waals surface area contributed by atoms with Crippen molar-refractivity contribution in [2.75, 3.05) is 0 Å². The highest BCUT2D eigenvalue weighted by Gasteiger charge is 2.31. The maximum Gasteiger partial charge on any atom is 0.0317 e. The second-order valence-corrected chi connectivity index (χ2v) is 6.61. The van der Waals surface area contributed by atoms with E-state index in [2.05, 4.69) is 76.3 Å². The second kappa shape index (κ2) is 5.09. The van der Waals surface area contributed by atoms with Gasteiger partial charge in [0, 0.05) is 11.8 Å². The average molecular weight is 263 g/mol.